The van der Waals surface area contributed by atoms with E-state index in [4.69, 9.17) is 0 Å². The number of aliphatic imine (C=N–C) groups is 1. The Bertz CT molecular complexity index is 275. The number of para-hydroxylation sites is 1. The van der Waals surface area contributed by atoms with Gasteiger partial charge in [0.1, 0.15) is 7.85 Å². The lowest BCUT2D eigenvalue weighted by molar-refractivity contribution is 1.50. The van der Waals surface area contributed by atoms with Crippen LogP contribution >= 0.6 is 0 Å². The summed E-state index contributed by atoms with van der Waals surface area (Å²) in [7, 11) is 2.07. The van der Waals surface area contributed by atoms with Gasteiger partial charge in [-0.25, -0.2) is 0 Å². The van der Waals surface area contributed by atoms with Crippen molar-refractivity contribution in [1.82, 2.24) is 0 Å². The van der Waals surface area contributed by atoms with E-state index >= 15 is 0 Å². The standard InChI is InChI=1S/C9H12BN/c1-7(2)11-9-6-4-3-5-8(9)10/h3-6H,10H2,1-2H3. The number of nitrogens with zero attached hydrogens (tertiary/aromatic N) is 1. The van der Waals surface area contributed by atoms with E-state index in [1.54, 1.807) is 0 Å². The van der Waals surface area contributed by atoms with Crippen molar-refractivity contribution in [2.45, 2.75) is 13.8 Å². The lowest BCUT2D eigenvalue weighted by Crippen LogP contribution is -2.01. The van der Waals surface area contributed by atoms with Crippen LogP contribution in [-0.2, 0) is 0 Å². The molecule has 0 aromatic heterocycles. The van der Waals surface area contributed by atoms with E-state index in [-0.39, 0.29) is 0 Å². The minimum Gasteiger partial charge on any atom is -0.259 e. The quantitative estimate of drug-likeness (QED) is 0.413. The molecular formula is C9H12BN. The Hall–Kier alpha value is -1.05. The normalized spacial score (nSPS) is 9.27. The summed E-state index contributed by atoms with van der Waals surface area (Å²) >= 11 is 0. The summed E-state index contributed by atoms with van der Waals surface area (Å²) in [6, 6.07) is 8.14. The molecule has 11 heavy (non-hydrogen) atoms. The summed E-state index contributed by atoms with van der Waals surface area (Å²) in [5.74, 6) is 0. The van der Waals surface area contributed by atoms with Gasteiger partial charge in [0.15, 0.2) is 0 Å². The monoisotopic (exact) mass is 145 g/mol. The Morgan fingerprint density at radius 1 is 1.27 bits per heavy atom. The van der Waals surface area contributed by atoms with Gasteiger partial charge in [-0.1, -0.05) is 23.7 Å². The molecule has 0 heterocycles. The molecule has 0 amide bonds. The van der Waals surface area contributed by atoms with E-state index in [9.17, 15) is 0 Å². The molecule has 0 bridgehead atoms. The number of hydrogen-bond acceptors (Lipinski definition) is 1. The lowest BCUT2D eigenvalue weighted by Gasteiger charge is -1.98. The first-order valence-electron chi connectivity index (χ1n) is 3.77. The molecule has 2 heteroatoms. The van der Waals surface area contributed by atoms with Crippen molar-refractivity contribution in [3.8, 4) is 0 Å². The summed E-state index contributed by atoms with van der Waals surface area (Å²) in [4.78, 5) is 4.38. The average Bonchev–Trinajstić information content (AvgIpc) is 1.93. The predicted octanol–water partition coefficient (Wildman–Crippen LogP) is 1.06. The zero-order chi connectivity index (χ0) is 8.27. The molecule has 0 aliphatic heterocycles. The highest BCUT2D eigenvalue weighted by Gasteiger charge is 1.91. The summed E-state index contributed by atoms with van der Waals surface area (Å²) in [5, 5.41) is 0. The van der Waals surface area contributed by atoms with Gasteiger partial charge in [-0.05, 0) is 19.9 Å². The zero-order valence-electron chi connectivity index (χ0n) is 7.26. The van der Waals surface area contributed by atoms with E-state index in [0.29, 0.717) is 0 Å². The molecule has 0 saturated heterocycles. The first-order chi connectivity index (χ1) is 5.20. The van der Waals surface area contributed by atoms with Gasteiger partial charge in [-0.2, -0.15) is 0 Å². The van der Waals surface area contributed by atoms with Crippen LogP contribution < -0.4 is 5.46 Å². The smallest absolute Gasteiger partial charge is 0.142 e. The largest absolute Gasteiger partial charge is 0.259 e. The van der Waals surface area contributed by atoms with Gasteiger partial charge < -0.3 is 0 Å². The second kappa shape index (κ2) is 3.38. The maximum absolute atomic E-state index is 4.38. The summed E-state index contributed by atoms with van der Waals surface area (Å²) in [6.45, 7) is 4.01. The summed E-state index contributed by atoms with van der Waals surface area (Å²) in [6.07, 6.45) is 0. The van der Waals surface area contributed by atoms with Crippen LogP contribution in [0.3, 0.4) is 0 Å². The fourth-order valence-electron chi connectivity index (χ4n) is 0.930. The van der Waals surface area contributed by atoms with Gasteiger partial charge in [0.2, 0.25) is 0 Å². The molecule has 0 unspecified atom stereocenters. The second-order valence-electron chi connectivity index (χ2n) is 2.85. The van der Waals surface area contributed by atoms with Gasteiger partial charge in [-0.15, -0.1) is 0 Å². The molecule has 56 valence electrons. The molecule has 1 rings (SSSR count). The summed E-state index contributed by atoms with van der Waals surface area (Å²) in [5.41, 5.74) is 3.40. The van der Waals surface area contributed by atoms with E-state index in [1.807, 2.05) is 32.0 Å². The highest BCUT2D eigenvalue weighted by atomic mass is 14.7. The molecule has 0 aliphatic rings. The van der Waals surface area contributed by atoms with Crippen LogP contribution in [0.15, 0.2) is 29.3 Å². The molecule has 1 nitrogen and oxygen atoms in total. The van der Waals surface area contributed by atoms with E-state index < -0.39 is 0 Å². The minimum absolute atomic E-state index is 1.08. The number of rotatable bonds is 1. The van der Waals surface area contributed by atoms with Crippen LogP contribution in [0.5, 0.6) is 0 Å². The highest BCUT2D eigenvalue weighted by Crippen LogP contribution is 2.06. The fourth-order valence-corrected chi connectivity index (χ4v) is 0.930. The fraction of sp³-hybridized carbons (Fsp3) is 0.222. The Labute approximate surface area is 68.6 Å². The number of benzene rings is 1. The van der Waals surface area contributed by atoms with Gasteiger partial charge >= 0.3 is 0 Å². The van der Waals surface area contributed by atoms with Crippen LogP contribution in [0, 0.1) is 0 Å². The van der Waals surface area contributed by atoms with E-state index in [2.05, 4.69) is 18.9 Å². The van der Waals surface area contributed by atoms with Crippen molar-refractivity contribution in [3.63, 3.8) is 0 Å². The first-order valence-corrected chi connectivity index (χ1v) is 3.77. The van der Waals surface area contributed by atoms with Crippen molar-refractivity contribution in [1.29, 1.82) is 0 Å². The minimum atomic E-state index is 1.08. The molecule has 0 atom stereocenters. The van der Waals surface area contributed by atoms with Crippen LogP contribution in [0.2, 0.25) is 0 Å². The molecule has 1 aromatic carbocycles. The van der Waals surface area contributed by atoms with E-state index in [1.165, 1.54) is 5.46 Å². The van der Waals surface area contributed by atoms with Crippen molar-refractivity contribution >= 4 is 24.7 Å². The molecule has 1 aromatic rings. The van der Waals surface area contributed by atoms with Crippen molar-refractivity contribution in [3.05, 3.63) is 24.3 Å². The topological polar surface area (TPSA) is 12.4 Å². The third-order valence-electron chi connectivity index (χ3n) is 1.46. The molecule has 0 spiro atoms. The summed E-state index contributed by atoms with van der Waals surface area (Å²) < 4.78 is 0. The second-order valence-corrected chi connectivity index (χ2v) is 2.85. The predicted molar refractivity (Wildman–Crippen MR) is 53.1 cm³/mol. The molecule has 0 saturated carbocycles. The third kappa shape index (κ3) is 2.22. The zero-order valence-corrected chi connectivity index (χ0v) is 7.26. The molecule has 0 radical (unpaired) electrons. The third-order valence-corrected chi connectivity index (χ3v) is 1.46. The molecule has 0 N–H and O–H groups in total. The SMILES string of the molecule is Bc1ccccc1N=C(C)C. The van der Waals surface area contributed by atoms with Crippen LogP contribution in [-0.4, -0.2) is 13.6 Å². The van der Waals surface area contributed by atoms with Gasteiger partial charge in [0.25, 0.3) is 0 Å². The molecule has 0 aliphatic carbocycles. The Balaban J connectivity index is 3.04. The van der Waals surface area contributed by atoms with Gasteiger partial charge in [0.05, 0.1) is 5.69 Å². The average molecular weight is 145 g/mol. The molecular weight excluding hydrogens is 133 g/mol. The maximum Gasteiger partial charge on any atom is 0.142 e. The van der Waals surface area contributed by atoms with Crippen molar-refractivity contribution in [2.24, 2.45) is 4.99 Å². The first kappa shape index (κ1) is 8.06. The maximum atomic E-state index is 4.38. The van der Waals surface area contributed by atoms with Crippen molar-refractivity contribution < 1.29 is 0 Å². The van der Waals surface area contributed by atoms with Crippen LogP contribution in [0.25, 0.3) is 0 Å². The Kier molecular flexibility index (Phi) is 2.47. The van der Waals surface area contributed by atoms with Crippen molar-refractivity contribution in [2.75, 3.05) is 0 Å². The van der Waals surface area contributed by atoms with Crippen LogP contribution in [0.4, 0.5) is 5.69 Å². The number of hydrogen-bond donors (Lipinski definition) is 0. The van der Waals surface area contributed by atoms with E-state index in [0.717, 1.165) is 11.4 Å². The molecule has 0 fully saturated rings. The Morgan fingerprint density at radius 2 is 1.91 bits per heavy atom. The van der Waals surface area contributed by atoms with Gasteiger partial charge in [0, 0.05) is 5.71 Å². The van der Waals surface area contributed by atoms with Gasteiger partial charge in [-0.3, -0.25) is 4.99 Å². The van der Waals surface area contributed by atoms with Crippen LogP contribution in [0.1, 0.15) is 13.8 Å². The lowest BCUT2D eigenvalue weighted by atomic mass is 9.94. The Morgan fingerprint density at radius 3 is 2.45 bits per heavy atom. The highest BCUT2D eigenvalue weighted by molar-refractivity contribution is 6.35.